The van der Waals surface area contributed by atoms with Crippen LogP contribution in [0.15, 0.2) is 22.7 Å². The molecule has 94 valence electrons. The largest absolute Gasteiger partial charge is 0.346 e. The highest BCUT2D eigenvalue weighted by molar-refractivity contribution is 9.10. The smallest absolute Gasteiger partial charge is 0.251 e. The number of benzene rings is 1. The summed E-state index contributed by atoms with van der Waals surface area (Å²) in [5.74, 6) is -0.112. The molecule has 0 aliphatic heterocycles. The number of alkyl halides is 1. The second-order valence-corrected chi connectivity index (χ2v) is 7.06. The predicted molar refractivity (Wildman–Crippen MR) is 79.1 cm³/mol. The first-order valence-electron chi connectivity index (χ1n) is 5.15. The third-order valence-corrected chi connectivity index (χ3v) is 4.97. The third-order valence-electron chi connectivity index (χ3n) is 2.61. The maximum absolute atomic E-state index is 12.0. The van der Waals surface area contributed by atoms with Gasteiger partial charge in [-0.15, -0.1) is 0 Å². The van der Waals surface area contributed by atoms with Gasteiger partial charge in [-0.1, -0.05) is 34.5 Å². The first kappa shape index (κ1) is 15.0. The van der Waals surface area contributed by atoms with Gasteiger partial charge in [-0.05, 0) is 48.0 Å². The molecule has 0 radical (unpaired) electrons. The van der Waals surface area contributed by atoms with Gasteiger partial charge < -0.3 is 5.32 Å². The molecule has 0 aliphatic carbocycles. The van der Waals surface area contributed by atoms with Gasteiger partial charge in [0.05, 0.1) is 5.02 Å². The number of rotatable bonds is 3. The molecular weight excluding hydrogens is 369 g/mol. The van der Waals surface area contributed by atoms with Gasteiger partial charge >= 0.3 is 0 Å². The molecule has 1 atom stereocenters. The van der Waals surface area contributed by atoms with Crippen molar-refractivity contribution < 1.29 is 4.79 Å². The van der Waals surface area contributed by atoms with Crippen molar-refractivity contribution in [3.8, 4) is 0 Å². The van der Waals surface area contributed by atoms with Crippen LogP contribution in [0.25, 0.3) is 0 Å². The Labute approximate surface area is 123 Å². The number of hydrogen-bond donors (Lipinski definition) is 1. The number of carbonyl (C=O) groups is 1. The molecule has 17 heavy (non-hydrogen) atoms. The molecule has 1 rings (SSSR count). The van der Waals surface area contributed by atoms with Gasteiger partial charge in [-0.25, -0.2) is 0 Å². The first-order valence-corrected chi connectivity index (χ1v) is 7.24. The normalized spacial score (nSPS) is 13.3. The summed E-state index contributed by atoms with van der Waals surface area (Å²) < 4.78 is 0.719. The van der Waals surface area contributed by atoms with Crippen molar-refractivity contribution in [3.63, 3.8) is 0 Å². The Kier molecular flexibility index (Phi) is 5.05. The zero-order valence-electron chi connectivity index (χ0n) is 9.85. The van der Waals surface area contributed by atoms with Crippen LogP contribution in [0.3, 0.4) is 0 Å². The molecule has 0 bridgehead atoms. The highest BCUT2D eigenvalue weighted by Crippen LogP contribution is 2.24. The maximum atomic E-state index is 12.0. The number of halogens is 3. The lowest BCUT2D eigenvalue weighted by atomic mass is 10.0. The molecule has 1 N–H and O–H groups in total. The molecule has 0 heterocycles. The summed E-state index contributed by atoms with van der Waals surface area (Å²) in [5.41, 5.74) is 0.269. The summed E-state index contributed by atoms with van der Waals surface area (Å²) in [6.45, 7) is 5.93. The number of amides is 1. The molecule has 1 aromatic rings. The molecule has 1 amide bonds. The van der Waals surface area contributed by atoms with Crippen LogP contribution in [0.2, 0.25) is 5.02 Å². The van der Waals surface area contributed by atoms with E-state index in [0.717, 1.165) is 4.47 Å². The van der Waals surface area contributed by atoms with Crippen molar-refractivity contribution in [1.29, 1.82) is 0 Å². The van der Waals surface area contributed by atoms with E-state index in [1.807, 2.05) is 20.8 Å². The maximum Gasteiger partial charge on any atom is 0.251 e. The van der Waals surface area contributed by atoms with E-state index < -0.39 is 0 Å². The van der Waals surface area contributed by atoms with Crippen molar-refractivity contribution in [2.75, 3.05) is 0 Å². The average molecular weight is 384 g/mol. The van der Waals surface area contributed by atoms with E-state index in [1.165, 1.54) is 0 Å². The summed E-state index contributed by atoms with van der Waals surface area (Å²) in [6.07, 6.45) is 0. The van der Waals surface area contributed by atoms with Gasteiger partial charge in [-0.2, -0.15) is 0 Å². The molecule has 1 unspecified atom stereocenters. The first-order chi connectivity index (χ1) is 7.74. The number of nitrogens with one attached hydrogen (secondary N) is 1. The molecule has 5 heteroatoms. The van der Waals surface area contributed by atoms with Gasteiger partial charge in [0.2, 0.25) is 0 Å². The van der Waals surface area contributed by atoms with E-state index in [4.69, 9.17) is 11.6 Å². The lowest BCUT2D eigenvalue weighted by Crippen LogP contribution is -2.48. The molecule has 0 spiro atoms. The van der Waals surface area contributed by atoms with Crippen LogP contribution in [0.5, 0.6) is 0 Å². The Bertz CT molecular complexity index is 433. The summed E-state index contributed by atoms with van der Waals surface area (Å²) in [4.78, 5) is 12.2. The Morgan fingerprint density at radius 3 is 2.53 bits per heavy atom. The Morgan fingerprint density at radius 1 is 1.47 bits per heavy atom. The fourth-order valence-electron chi connectivity index (χ4n) is 1.10. The van der Waals surface area contributed by atoms with Crippen molar-refractivity contribution in [2.45, 2.75) is 31.1 Å². The SMILES string of the molecule is CC(Br)C(C)(C)NC(=O)c1ccc(Cl)c(Br)c1. The van der Waals surface area contributed by atoms with Crippen LogP contribution in [0.4, 0.5) is 0 Å². The fourth-order valence-corrected chi connectivity index (χ4v) is 1.71. The van der Waals surface area contributed by atoms with Crippen LogP contribution in [0, 0.1) is 0 Å². The minimum atomic E-state index is -0.316. The number of carbonyl (C=O) groups excluding carboxylic acids is 1. The Morgan fingerprint density at radius 2 is 2.06 bits per heavy atom. The van der Waals surface area contributed by atoms with Gasteiger partial charge in [0.25, 0.3) is 5.91 Å². The lowest BCUT2D eigenvalue weighted by molar-refractivity contribution is 0.0914. The summed E-state index contributed by atoms with van der Waals surface area (Å²) in [6, 6.07) is 5.12. The quantitative estimate of drug-likeness (QED) is 0.771. The minimum absolute atomic E-state index is 0.112. The minimum Gasteiger partial charge on any atom is -0.346 e. The predicted octanol–water partition coefficient (Wildman–Crippen LogP) is 4.39. The van der Waals surface area contributed by atoms with Gasteiger partial charge in [0.15, 0.2) is 0 Å². The van der Waals surface area contributed by atoms with E-state index in [9.17, 15) is 4.79 Å². The van der Waals surface area contributed by atoms with Crippen LogP contribution < -0.4 is 5.32 Å². The monoisotopic (exact) mass is 381 g/mol. The van der Waals surface area contributed by atoms with Crippen LogP contribution in [0.1, 0.15) is 31.1 Å². The molecule has 1 aromatic carbocycles. The van der Waals surface area contributed by atoms with Crippen LogP contribution in [-0.2, 0) is 0 Å². The van der Waals surface area contributed by atoms with Crippen LogP contribution >= 0.6 is 43.5 Å². The standard InChI is InChI=1S/C12H14Br2ClNO/c1-7(13)12(2,3)16-11(17)8-4-5-10(15)9(14)6-8/h4-7H,1-3H3,(H,16,17). The molecule has 0 saturated heterocycles. The molecule has 0 saturated carbocycles. The van der Waals surface area contributed by atoms with Crippen molar-refractivity contribution in [1.82, 2.24) is 5.32 Å². The highest BCUT2D eigenvalue weighted by Gasteiger charge is 2.26. The van der Waals surface area contributed by atoms with Crippen LogP contribution in [-0.4, -0.2) is 16.3 Å². The summed E-state index contributed by atoms with van der Waals surface area (Å²) >= 11 is 12.7. The van der Waals surface area contributed by atoms with Gasteiger partial charge in [0, 0.05) is 20.4 Å². The van der Waals surface area contributed by atoms with E-state index in [1.54, 1.807) is 18.2 Å². The third kappa shape index (κ3) is 3.97. The second kappa shape index (κ2) is 5.72. The van der Waals surface area contributed by atoms with Crippen molar-refractivity contribution in [3.05, 3.63) is 33.3 Å². The van der Waals surface area contributed by atoms with Gasteiger partial charge in [-0.3, -0.25) is 4.79 Å². The molecule has 2 nitrogen and oxygen atoms in total. The summed E-state index contributed by atoms with van der Waals surface area (Å²) in [5, 5.41) is 3.56. The molecular formula is C12H14Br2ClNO. The van der Waals surface area contributed by atoms with Crippen molar-refractivity contribution >= 4 is 49.4 Å². The van der Waals surface area contributed by atoms with E-state index in [0.29, 0.717) is 10.6 Å². The second-order valence-electron chi connectivity index (χ2n) is 4.42. The highest BCUT2D eigenvalue weighted by atomic mass is 79.9. The van der Waals surface area contributed by atoms with Crippen molar-refractivity contribution in [2.24, 2.45) is 0 Å². The zero-order chi connectivity index (χ0) is 13.2. The molecule has 0 aliphatic rings. The lowest BCUT2D eigenvalue weighted by Gasteiger charge is -2.29. The molecule has 0 fully saturated rings. The van der Waals surface area contributed by atoms with E-state index in [2.05, 4.69) is 37.2 Å². The Hall–Kier alpha value is -0.0600. The average Bonchev–Trinajstić information content (AvgIpc) is 2.21. The van der Waals surface area contributed by atoms with E-state index in [-0.39, 0.29) is 16.3 Å². The van der Waals surface area contributed by atoms with Gasteiger partial charge in [0.1, 0.15) is 0 Å². The molecule has 0 aromatic heterocycles. The number of hydrogen-bond acceptors (Lipinski definition) is 1. The fraction of sp³-hybridized carbons (Fsp3) is 0.417. The summed E-state index contributed by atoms with van der Waals surface area (Å²) in [7, 11) is 0. The van der Waals surface area contributed by atoms with E-state index >= 15 is 0 Å². The zero-order valence-corrected chi connectivity index (χ0v) is 13.8. The topological polar surface area (TPSA) is 29.1 Å². The Balaban J connectivity index is 2.87.